The molecule has 1 aromatic heterocycles. The Kier molecular flexibility index (Phi) is 3.39. The molecule has 0 aliphatic carbocycles. The number of nitrogen functional groups attached to an aromatic ring is 1. The molecule has 1 heterocycles. The van der Waals surface area contributed by atoms with Crippen molar-refractivity contribution in [3.8, 4) is 0 Å². The smallest absolute Gasteiger partial charge is 0.251 e. The van der Waals surface area contributed by atoms with E-state index in [4.69, 9.17) is 5.73 Å². The lowest BCUT2D eigenvalue weighted by molar-refractivity contribution is 0.0950. The van der Waals surface area contributed by atoms with Crippen LogP contribution >= 0.6 is 11.3 Å². The van der Waals surface area contributed by atoms with Gasteiger partial charge in [0.2, 0.25) is 0 Å². The molecule has 0 saturated carbocycles. The van der Waals surface area contributed by atoms with Gasteiger partial charge in [-0.3, -0.25) is 9.78 Å². The summed E-state index contributed by atoms with van der Waals surface area (Å²) in [6, 6.07) is 5.27. The van der Waals surface area contributed by atoms with Crippen molar-refractivity contribution in [3.63, 3.8) is 0 Å². The summed E-state index contributed by atoms with van der Waals surface area (Å²) in [5, 5.41) is 2.85. The summed E-state index contributed by atoms with van der Waals surface area (Å²) in [5.41, 5.74) is 9.59. The van der Waals surface area contributed by atoms with E-state index in [0.29, 0.717) is 17.8 Å². The average Bonchev–Trinajstić information content (AvgIpc) is 2.78. The average molecular weight is 247 g/mol. The van der Waals surface area contributed by atoms with E-state index in [1.165, 1.54) is 11.3 Å². The molecule has 1 amide bonds. The Balaban J connectivity index is 2.04. The number of benzene rings is 1. The quantitative estimate of drug-likeness (QED) is 0.815. The molecule has 0 atom stereocenters. The second-order valence-electron chi connectivity index (χ2n) is 3.72. The van der Waals surface area contributed by atoms with Crippen LogP contribution in [0.3, 0.4) is 0 Å². The van der Waals surface area contributed by atoms with Gasteiger partial charge >= 0.3 is 0 Å². The predicted octanol–water partition coefficient (Wildman–Crippen LogP) is 1.96. The highest BCUT2D eigenvalue weighted by Gasteiger charge is 2.08. The Labute approximate surface area is 103 Å². The van der Waals surface area contributed by atoms with E-state index in [1.54, 1.807) is 29.9 Å². The van der Waals surface area contributed by atoms with Gasteiger partial charge in [0.15, 0.2) is 0 Å². The Hall–Kier alpha value is -1.88. The van der Waals surface area contributed by atoms with Crippen molar-refractivity contribution < 1.29 is 4.79 Å². The van der Waals surface area contributed by atoms with Gasteiger partial charge in [-0.15, -0.1) is 11.3 Å². The van der Waals surface area contributed by atoms with Crippen LogP contribution in [-0.2, 0) is 6.54 Å². The molecular formula is C12H13N3OS. The van der Waals surface area contributed by atoms with Crippen molar-refractivity contribution in [1.82, 2.24) is 10.3 Å². The summed E-state index contributed by atoms with van der Waals surface area (Å²) in [4.78, 5) is 16.9. The summed E-state index contributed by atoms with van der Waals surface area (Å²) >= 11 is 1.52. The summed E-state index contributed by atoms with van der Waals surface area (Å²) in [6.07, 6.45) is 1.75. The zero-order valence-corrected chi connectivity index (χ0v) is 10.3. The minimum Gasteiger partial charge on any atom is -0.399 e. The van der Waals surface area contributed by atoms with E-state index in [-0.39, 0.29) is 5.91 Å². The van der Waals surface area contributed by atoms with Crippen LogP contribution in [0.2, 0.25) is 0 Å². The van der Waals surface area contributed by atoms with Crippen LogP contribution in [0.1, 0.15) is 20.8 Å². The number of rotatable bonds is 3. The minimum atomic E-state index is -0.0871. The molecule has 17 heavy (non-hydrogen) atoms. The lowest BCUT2D eigenvalue weighted by atomic mass is 10.1. The van der Waals surface area contributed by atoms with Crippen LogP contribution in [-0.4, -0.2) is 10.9 Å². The van der Waals surface area contributed by atoms with Crippen molar-refractivity contribution >= 4 is 22.9 Å². The maximum absolute atomic E-state index is 11.9. The van der Waals surface area contributed by atoms with E-state index in [2.05, 4.69) is 10.3 Å². The molecular weight excluding hydrogens is 234 g/mol. The number of carbonyl (C=O) groups is 1. The van der Waals surface area contributed by atoms with E-state index < -0.39 is 0 Å². The number of anilines is 1. The summed E-state index contributed by atoms with van der Waals surface area (Å²) in [7, 11) is 0. The normalized spacial score (nSPS) is 10.2. The molecule has 0 saturated heterocycles. The fourth-order valence-corrected chi connectivity index (χ4v) is 2.07. The molecule has 88 valence electrons. The summed E-state index contributed by atoms with van der Waals surface area (Å²) in [5.74, 6) is -0.0871. The van der Waals surface area contributed by atoms with Crippen molar-refractivity contribution in [3.05, 3.63) is 45.9 Å². The molecule has 1 aromatic carbocycles. The number of aromatic nitrogens is 1. The van der Waals surface area contributed by atoms with Gasteiger partial charge in [0.25, 0.3) is 5.91 Å². The molecule has 0 bridgehead atoms. The van der Waals surface area contributed by atoms with Crippen LogP contribution in [0.5, 0.6) is 0 Å². The first-order valence-corrected chi connectivity index (χ1v) is 6.06. The van der Waals surface area contributed by atoms with E-state index >= 15 is 0 Å². The van der Waals surface area contributed by atoms with Crippen molar-refractivity contribution in [1.29, 1.82) is 0 Å². The maximum atomic E-state index is 11.9. The number of aryl methyl sites for hydroxylation is 1. The van der Waals surface area contributed by atoms with Crippen LogP contribution in [0.4, 0.5) is 5.69 Å². The first-order valence-electron chi connectivity index (χ1n) is 5.18. The summed E-state index contributed by atoms with van der Waals surface area (Å²) < 4.78 is 0. The van der Waals surface area contributed by atoms with Crippen molar-refractivity contribution in [2.75, 3.05) is 5.73 Å². The molecule has 0 radical (unpaired) electrons. The minimum absolute atomic E-state index is 0.0871. The van der Waals surface area contributed by atoms with E-state index in [9.17, 15) is 4.79 Å². The number of thiazole rings is 1. The van der Waals surface area contributed by atoms with Crippen LogP contribution in [0.25, 0.3) is 0 Å². The molecule has 0 aliphatic rings. The molecule has 5 heteroatoms. The molecule has 4 nitrogen and oxygen atoms in total. The Morgan fingerprint density at radius 2 is 2.35 bits per heavy atom. The number of carbonyl (C=O) groups excluding carboxylic acids is 1. The highest BCUT2D eigenvalue weighted by molar-refractivity contribution is 7.09. The second kappa shape index (κ2) is 4.97. The summed E-state index contributed by atoms with van der Waals surface area (Å²) in [6.45, 7) is 2.38. The van der Waals surface area contributed by atoms with Gasteiger partial charge in [-0.25, -0.2) is 0 Å². The number of hydrogen-bond donors (Lipinski definition) is 2. The fourth-order valence-electron chi connectivity index (χ4n) is 1.53. The topological polar surface area (TPSA) is 68.0 Å². The van der Waals surface area contributed by atoms with Gasteiger partial charge < -0.3 is 11.1 Å². The lowest BCUT2D eigenvalue weighted by Crippen LogP contribution is -2.23. The Morgan fingerprint density at radius 3 is 3.00 bits per heavy atom. The second-order valence-corrected chi connectivity index (χ2v) is 4.70. The van der Waals surface area contributed by atoms with Gasteiger partial charge in [0.1, 0.15) is 0 Å². The highest BCUT2D eigenvalue weighted by Crippen LogP contribution is 2.13. The van der Waals surface area contributed by atoms with Crippen molar-refractivity contribution in [2.24, 2.45) is 0 Å². The van der Waals surface area contributed by atoms with Gasteiger partial charge in [-0.2, -0.15) is 0 Å². The number of nitrogens with zero attached hydrogens (tertiary/aromatic N) is 1. The Bertz CT molecular complexity index is 523. The molecule has 0 fully saturated rings. The first-order chi connectivity index (χ1) is 8.16. The van der Waals surface area contributed by atoms with E-state index in [0.717, 1.165) is 10.4 Å². The van der Waals surface area contributed by atoms with Crippen LogP contribution < -0.4 is 11.1 Å². The molecule has 2 rings (SSSR count). The number of nitrogens with two attached hydrogens (primary N) is 1. The van der Waals surface area contributed by atoms with Gasteiger partial charge in [-0.05, 0) is 30.7 Å². The third kappa shape index (κ3) is 2.82. The molecule has 0 spiro atoms. The highest BCUT2D eigenvalue weighted by atomic mass is 32.1. The van der Waals surface area contributed by atoms with Crippen LogP contribution in [0, 0.1) is 6.92 Å². The molecule has 2 aromatic rings. The number of nitrogens with one attached hydrogen (secondary N) is 1. The molecule has 3 N–H and O–H groups in total. The zero-order chi connectivity index (χ0) is 12.3. The Morgan fingerprint density at radius 1 is 1.53 bits per heavy atom. The van der Waals surface area contributed by atoms with Gasteiger partial charge in [-0.1, -0.05) is 0 Å². The lowest BCUT2D eigenvalue weighted by Gasteiger charge is -2.07. The largest absolute Gasteiger partial charge is 0.399 e. The maximum Gasteiger partial charge on any atom is 0.251 e. The SMILES string of the molecule is Cc1cc(N)ccc1C(=O)NCc1cncs1. The van der Waals surface area contributed by atoms with E-state index in [1.807, 2.05) is 6.92 Å². The van der Waals surface area contributed by atoms with Gasteiger partial charge in [0, 0.05) is 22.3 Å². The molecule has 0 aliphatic heterocycles. The molecule has 0 unspecified atom stereocenters. The first kappa shape index (κ1) is 11.6. The number of amides is 1. The third-order valence-electron chi connectivity index (χ3n) is 2.40. The monoisotopic (exact) mass is 247 g/mol. The predicted molar refractivity (Wildman–Crippen MR) is 68.9 cm³/mol. The number of hydrogen-bond acceptors (Lipinski definition) is 4. The third-order valence-corrected chi connectivity index (χ3v) is 3.18. The zero-order valence-electron chi connectivity index (χ0n) is 9.43. The van der Waals surface area contributed by atoms with Gasteiger partial charge in [0.05, 0.1) is 12.1 Å². The van der Waals surface area contributed by atoms with Crippen molar-refractivity contribution in [2.45, 2.75) is 13.5 Å². The van der Waals surface area contributed by atoms with Crippen LogP contribution in [0.15, 0.2) is 29.9 Å². The fraction of sp³-hybridized carbons (Fsp3) is 0.167. The standard InChI is InChI=1S/C12H13N3OS/c1-8-4-9(13)2-3-11(8)12(16)15-6-10-5-14-7-17-10/h2-5,7H,6,13H2,1H3,(H,15,16).